The van der Waals surface area contributed by atoms with Crippen molar-refractivity contribution in [2.75, 3.05) is 49.7 Å². The first-order valence-electron chi connectivity index (χ1n) is 11.1. The van der Waals surface area contributed by atoms with Crippen LogP contribution in [0.4, 0.5) is 11.4 Å². The SMILES string of the molecule is CCOc1ccc(OCC)c(NC(=O)Cn2nnc(-c3ccc(N4CCOCC4)cc3)n2)c1. The van der Waals surface area contributed by atoms with Crippen molar-refractivity contribution in [3.05, 3.63) is 42.5 Å². The number of anilines is 2. The van der Waals surface area contributed by atoms with E-state index >= 15 is 0 Å². The third-order valence-electron chi connectivity index (χ3n) is 5.08. The minimum absolute atomic E-state index is 0.0801. The number of morpholine rings is 1. The summed E-state index contributed by atoms with van der Waals surface area (Å²) in [6, 6.07) is 13.3. The van der Waals surface area contributed by atoms with Crippen LogP contribution in [0.25, 0.3) is 11.4 Å². The average Bonchev–Trinajstić information content (AvgIpc) is 3.30. The van der Waals surface area contributed by atoms with Crippen molar-refractivity contribution in [1.29, 1.82) is 0 Å². The fraction of sp³-hybridized carbons (Fsp3) is 0.391. The van der Waals surface area contributed by atoms with E-state index in [2.05, 4.69) is 25.6 Å². The number of rotatable bonds is 9. The minimum atomic E-state index is -0.295. The van der Waals surface area contributed by atoms with Gasteiger partial charge in [-0.15, -0.1) is 10.2 Å². The number of benzene rings is 2. The lowest BCUT2D eigenvalue weighted by Crippen LogP contribution is -2.36. The highest BCUT2D eigenvalue weighted by Crippen LogP contribution is 2.29. The van der Waals surface area contributed by atoms with Crippen LogP contribution in [0.5, 0.6) is 11.5 Å². The van der Waals surface area contributed by atoms with Gasteiger partial charge in [-0.1, -0.05) is 0 Å². The summed E-state index contributed by atoms with van der Waals surface area (Å²) in [5, 5.41) is 15.3. The van der Waals surface area contributed by atoms with Crippen LogP contribution in [0.2, 0.25) is 0 Å². The molecule has 0 spiro atoms. The Morgan fingerprint density at radius 2 is 1.82 bits per heavy atom. The van der Waals surface area contributed by atoms with Crippen molar-refractivity contribution in [1.82, 2.24) is 20.2 Å². The molecule has 1 fully saturated rings. The zero-order chi connectivity index (χ0) is 23.0. The van der Waals surface area contributed by atoms with Crippen LogP contribution < -0.4 is 19.7 Å². The first-order chi connectivity index (χ1) is 16.2. The van der Waals surface area contributed by atoms with Gasteiger partial charge in [0.15, 0.2) is 0 Å². The predicted octanol–water partition coefficient (Wildman–Crippen LogP) is 2.61. The molecule has 0 saturated carbocycles. The van der Waals surface area contributed by atoms with Gasteiger partial charge in [-0.25, -0.2) is 0 Å². The third kappa shape index (κ3) is 5.78. The van der Waals surface area contributed by atoms with E-state index < -0.39 is 0 Å². The van der Waals surface area contributed by atoms with Crippen LogP contribution in [0.15, 0.2) is 42.5 Å². The van der Waals surface area contributed by atoms with Gasteiger partial charge in [-0.2, -0.15) is 4.80 Å². The van der Waals surface area contributed by atoms with E-state index in [1.54, 1.807) is 18.2 Å². The molecule has 2 aromatic carbocycles. The number of ether oxygens (including phenoxy) is 3. The molecule has 1 aliphatic heterocycles. The minimum Gasteiger partial charge on any atom is -0.494 e. The summed E-state index contributed by atoms with van der Waals surface area (Å²) in [5.41, 5.74) is 2.50. The lowest BCUT2D eigenvalue weighted by Gasteiger charge is -2.28. The number of nitrogens with one attached hydrogen (secondary N) is 1. The molecular formula is C23H28N6O4. The summed E-state index contributed by atoms with van der Waals surface area (Å²) in [4.78, 5) is 16.2. The van der Waals surface area contributed by atoms with Gasteiger partial charge < -0.3 is 24.4 Å². The van der Waals surface area contributed by atoms with Crippen molar-refractivity contribution < 1.29 is 19.0 Å². The van der Waals surface area contributed by atoms with Crippen LogP contribution in [-0.4, -0.2) is 65.6 Å². The van der Waals surface area contributed by atoms with E-state index in [0.29, 0.717) is 36.2 Å². The number of tetrazole rings is 1. The molecule has 1 amide bonds. The highest BCUT2D eigenvalue weighted by molar-refractivity contribution is 5.92. The molecule has 1 aromatic heterocycles. The molecule has 0 bridgehead atoms. The van der Waals surface area contributed by atoms with Crippen LogP contribution in [0, 0.1) is 0 Å². The number of amides is 1. The molecule has 0 atom stereocenters. The van der Waals surface area contributed by atoms with Crippen molar-refractivity contribution >= 4 is 17.3 Å². The number of aromatic nitrogens is 4. The van der Waals surface area contributed by atoms with E-state index in [4.69, 9.17) is 14.2 Å². The van der Waals surface area contributed by atoms with Gasteiger partial charge in [0, 0.05) is 30.4 Å². The zero-order valence-electron chi connectivity index (χ0n) is 18.9. The van der Waals surface area contributed by atoms with Crippen molar-refractivity contribution in [2.45, 2.75) is 20.4 Å². The standard InChI is InChI=1S/C23H28N6O4/c1-3-32-19-9-10-21(33-4-2)20(15-19)24-22(30)16-29-26-23(25-27-29)17-5-7-18(8-6-17)28-11-13-31-14-12-28/h5-10,15H,3-4,11-14,16H2,1-2H3,(H,24,30). The Morgan fingerprint density at radius 3 is 2.55 bits per heavy atom. The highest BCUT2D eigenvalue weighted by Gasteiger charge is 2.14. The molecule has 1 N–H and O–H groups in total. The number of nitrogens with zero attached hydrogens (tertiary/aromatic N) is 5. The summed E-state index contributed by atoms with van der Waals surface area (Å²) in [5.74, 6) is 1.39. The Kier molecular flexibility index (Phi) is 7.36. The van der Waals surface area contributed by atoms with Gasteiger partial charge in [0.1, 0.15) is 18.0 Å². The van der Waals surface area contributed by atoms with Crippen LogP contribution in [0.3, 0.4) is 0 Å². The lowest BCUT2D eigenvalue weighted by molar-refractivity contribution is -0.117. The van der Waals surface area contributed by atoms with E-state index in [1.807, 2.05) is 38.1 Å². The second-order valence-electron chi connectivity index (χ2n) is 7.36. The number of hydrogen-bond donors (Lipinski definition) is 1. The van der Waals surface area contributed by atoms with Crippen LogP contribution in [-0.2, 0) is 16.1 Å². The summed E-state index contributed by atoms with van der Waals surface area (Å²) >= 11 is 0. The van der Waals surface area contributed by atoms with Crippen LogP contribution in [0.1, 0.15) is 13.8 Å². The number of carbonyl (C=O) groups is 1. The average molecular weight is 453 g/mol. The van der Waals surface area contributed by atoms with E-state index in [0.717, 1.165) is 37.6 Å². The zero-order valence-corrected chi connectivity index (χ0v) is 18.9. The fourth-order valence-electron chi connectivity index (χ4n) is 3.53. The molecule has 1 aliphatic rings. The summed E-state index contributed by atoms with van der Waals surface area (Å²) in [6.45, 7) is 7.94. The molecule has 174 valence electrons. The third-order valence-corrected chi connectivity index (χ3v) is 5.08. The van der Waals surface area contributed by atoms with Gasteiger partial charge in [0.2, 0.25) is 11.7 Å². The maximum absolute atomic E-state index is 12.6. The van der Waals surface area contributed by atoms with E-state index in [9.17, 15) is 4.79 Å². The Bertz CT molecular complexity index is 1060. The molecule has 10 nitrogen and oxygen atoms in total. The Labute approximate surface area is 192 Å². The Morgan fingerprint density at radius 1 is 1.06 bits per heavy atom. The molecule has 0 radical (unpaired) electrons. The van der Waals surface area contributed by atoms with Crippen molar-refractivity contribution in [2.24, 2.45) is 0 Å². The lowest BCUT2D eigenvalue weighted by atomic mass is 10.2. The molecule has 4 rings (SSSR count). The van der Waals surface area contributed by atoms with Gasteiger partial charge >= 0.3 is 0 Å². The van der Waals surface area contributed by atoms with Gasteiger partial charge in [0.05, 0.1) is 32.1 Å². The van der Waals surface area contributed by atoms with Gasteiger partial charge in [0.25, 0.3) is 0 Å². The fourth-order valence-corrected chi connectivity index (χ4v) is 3.53. The Balaban J connectivity index is 1.40. The summed E-state index contributed by atoms with van der Waals surface area (Å²) in [6.07, 6.45) is 0. The molecular weight excluding hydrogens is 424 g/mol. The topological polar surface area (TPSA) is 104 Å². The monoisotopic (exact) mass is 452 g/mol. The maximum Gasteiger partial charge on any atom is 0.248 e. The van der Waals surface area contributed by atoms with Gasteiger partial charge in [-0.3, -0.25) is 4.79 Å². The maximum atomic E-state index is 12.6. The highest BCUT2D eigenvalue weighted by atomic mass is 16.5. The second kappa shape index (κ2) is 10.8. The molecule has 0 aliphatic carbocycles. The first-order valence-corrected chi connectivity index (χ1v) is 11.1. The predicted molar refractivity (Wildman–Crippen MR) is 124 cm³/mol. The van der Waals surface area contributed by atoms with Gasteiger partial charge in [-0.05, 0) is 55.5 Å². The molecule has 33 heavy (non-hydrogen) atoms. The molecule has 0 unspecified atom stereocenters. The first kappa shape index (κ1) is 22.5. The smallest absolute Gasteiger partial charge is 0.248 e. The normalized spacial score (nSPS) is 13.6. The van der Waals surface area contributed by atoms with Crippen LogP contribution >= 0.6 is 0 Å². The molecule has 3 aromatic rings. The number of carbonyl (C=O) groups excluding carboxylic acids is 1. The van der Waals surface area contributed by atoms with E-state index in [1.165, 1.54) is 4.80 Å². The summed E-state index contributed by atoms with van der Waals surface area (Å²) in [7, 11) is 0. The molecule has 2 heterocycles. The number of hydrogen-bond acceptors (Lipinski definition) is 8. The summed E-state index contributed by atoms with van der Waals surface area (Å²) < 4.78 is 16.5. The van der Waals surface area contributed by atoms with Crippen molar-refractivity contribution in [3.8, 4) is 22.9 Å². The molecule has 10 heteroatoms. The largest absolute Gasteiger partial charge is 0.494 e. The molecule has 1 saturated heterocycles. The quantitative estimate of drug-likeness (QED) is 0.528. The van der Waals surface area contributed by atoms with E-state index in [-0.39, 0.29) is 12.5 Å². The Hall–Kier alpha value is -3.66. The second-order valence-corrected chi connectivity index (χ2v) is 7.36. The van der Waals surface area contributed by atoms with Crippen molar-refractivity contribution in [3.63, 3.8) is 0 Å².